The third-order valence-corrected chi connectivity index (χ3v) is 5.11. The summed E-state index contributed by atoms with van der Waals surface area (Å²) in [6.07, 6.45) is 4.20. The zero-order valence-corrected chi connectivity index (χ0v) is 12.2. The van der Waals surface area contributed by atoms with Crippen LogP contribution in [0.4, 0.5) is 5.82 Å². The van der Waals surface area contributed by atoms with Crippen LogP contribution in [-0.4, -0.2) is 26.4 Å². The molecular weight excluding hydrogens is 276 g/mol. The first-order valence-corrected chi connectivity index (χ1v) is 7.43. The first-order valence-electron chi connectivity index (χ1n) is 6.55. The molecule has 3 N–H and O–H groups in total. The Morgan fingerprint density at radius 2 is 2.30 bits per heavy atom. The number of hydrogen-bond acceptors (Lipinski definition) is 5. The largest absolute Gasteiger partial charge is 0.481 e. The molecule has 1 saturated carbocycles. The summed E-state index contributed by atoms with van der Waals surface area (Å²) in [4.78, 5) is 27.2. The molecule has 0 aliphatic heterocycles. The highest BCUT2D eigenvalue weighted by molar-refractivity contribution is 8.14. The second-order valence-electron chi connectivity index (χ2n) is 5.22. The minimum atomic E-state index is -0.881. The number of carboxylic acids is 1. The number of nitrogen functional groups attached to an aromatic ring is 1. The standard InChI is InChI=1S/C14H18N2O3S/c1-9(17)20-11-3-2-6-14(11,13(18)19)7-10-4-5-12(15)16-8-10/h4-5,8,11H,2-3,6-7H2,1H3,(H2,15,16)(H,18,19). The molecule has 2 atom stereocenters. The Morgan fingerprint density at radius 1 is 1.55 bits per heavy atom. The van der Waals surface area contributed by atoms with Gasteiger partial charge in [0.05, 0.1) is 5.41 Å². The van der Waals surface area contributed by atoms with E-state index >= 15 is 0 Å². The van der Waals surface area contributed by atoms with E-state index in [1.165, 1.54) is 6.92 Å². The summed E-state index contributed by atoms with van der Waals surface area (Å²) in [7, 11) is 0. The molecule has 2 rings (SSSR count). The molecule has 1 aliphatic rings. The molecule has 2 unspecified atom stereocenters. The Morgan fingerprint density at radius 3 is 2.85 bits per heavy atom. The molecule has 20 heavy (non-hydrogen) atoms. The van der Waals surface area contributed by atoms with E-state index < -0.39 is 11.4 Å². The maximum absolute atomic E-state index is 11.8. The topological polar surface area (TPSA) is 93.3 Å². The fraction of sp³-hybridized carbons (Fsp3) is 0.500. The highest BCUT2D eigenvalue weighted by atomic mass is 32.2. The van der Waals surface area contributed by atoms with Gasteiger partial charge < -0.3 is 10.8 Å². The number of carbonyl (C=O) groups excluding carboxylic acids is 1. The van der Waals surface area contributed by atoms with Crippen molar-refractivity contribution in [1.82, 2.24) is 4.98 Å². The number of aromatic nitrogens is 1. The molecule has 0 radical (unpaired) electrons. The minimum Gasteiger partial charge on any atom is -0.481 e. The molecule has 0 spiro atoms. The zero-order chi connectivity index (χ0) is 14.8. The van der Waals surface area contributed by atoms with Gasteiger partial charge in [-0.3, -0.25) is 9.59 Å². The lowest BCUT2D eigenvalue weighted by atomic mass is 9.80. The van der Waals surface area contributed by atoms with E-state index in [2.05, 4.69) is 4.98 Å². The fourth-order valence-electron chi connectivity index (χ4n) is 2.84. The molecule has 1 heterocycles. The van der Waals surface area contributed by atoms with E-state index in [-0.39, 0.29) is 10.4 Å². The van der Waals surface area contributed by atoms with E-state index in [4.69, 9.17) is 5.73 Å². The molecule has 6 heteroatoms. The molecule has 5 nitrogen and oxygen atoms in total. The van der Waals surface area contributed by atoms with Crippen LogP contribution < -0.4 is 5.73 Å². The first-order chi connectivity index (χ1) is 9.44. The summed E-state index contributed by atoms with van der Waals surface area (Å²) >= 11 is 1.15. The predicted octanol–water partition coefficient (Wildman–Crippen LogP) is 2.11. The second-order valence-corrected chi connectivity index (χ2v) is 6.60. The molecule has 0 bridgehead atoms. The number of carbonyl (C=O) groups is 2. The number of nitrogens with two attached hydrogens (primary N) is 1. The van der Waals surface area contributed by atoms with Gasteiger partial charge in [-0.2, -0.15) is 0 Å². The van der Waals surface area contributed by atoms with E-state index in [1.807, 2.05) is 0 Å². The van der Waals surface area contributed by atoms with Gasteiger partial charge in [0, 0.05) is 18.4 Å². The molecule has 0 aromatic carbocycles. The Balaban J connectivity index is 2.27. The van der Waals surface area contributed by atoms with Crippen LogP contribution in [0.5, 0.6) is 0 Å². The maximum Gasteiger partial charge on any atom is 0.311 e. The fourth-order valence-corrected chi connectivity index (χ4v) is 4.05. The molecular formula is C14H18N2O3S. The molecule has 1 aliphatic carbocycles. The highest BCUT2D eigenvalue weighted by Gasteiger charge is 2.50. The third kappa shape index (κ3) is 2.95. The highest BCUT2D eigenvalue weighted by Crippen LogP contribution is 2.47. The Labute approximate surface area is 122 Å². The SMILES string of the molecule is CC(=O)SC1CCCC1(Cc1ccc(N)nc1)C(=O)O. The van der Waals surface area contributed by atoms with E-state index in [9.17, 15) is 14.7 Å². The van der Waals surface area contributed by atoms with E-state index in [1.54, 1.807) is 18.3 Å². The maximum atomic E-state index is 11.8. The van der Waals surface area contributed by atoms with Crippen molar-refractivity contribution in [2.24, 2.45) is 5.41 Å². The van der Waals surface area contributed by atoms with Gasteiger partial charge in [-0.05, 0) is 30.9 Å². The molecule has 1 aromatic heterocycles. The Bertz CT molecular complexity index is 518. The van der Waals surface area contributed by atoms with Crippen molar-refractivity contribution in [3.63, 3.8) is 0 Å². The van der Waals surface area contributed by atoms with Gasteiger partial charge >= 0.3 is 5.97 Å². The van der Waals surface area contributed by atoms with Crippen molar-refractivity contribution in [2.45, 2.75) is 37.9 Å². The lowest BCUT2D eigenvalue weighted by molar-refractivity contribution is -0.148. The number of hydrogen-bond donors (Lipinski definition) is 2. The van der Waals surface area contributed by atoms with Crippen LogP contribution in [-0.2, 0) is 16.0 Å². The van der Waals surface area contributed by atoms with Crippen LogP contribution >= 0.6 is 11.8 Å². The quantitative estimate of drug-likeness (QED) is 0.883. The van der Waals surface area contributed by atoms with Crippen LogP contribution in [0.3, 0.4) is 0 Å². The van der Waals surface area contributed by atoms with E-state index in [0.717, 1.165) is 30.2 Å². The number of aliphatic carboxylic acids is 1. The summed E-state index contributed by atoms with van der Waals surface area (Å²) in [5.41, 5.74) is 5.51. The smallest absolute Gasteiger partial charge is 0.311 e. The van der Waals surface area contributed by atoms with Crippen LogP contribution in [0.2, 0.25) is 0 Å². The third-order valence-electron chi connectivity index (χ3n) is 3.81. The lowest BCUT2D eigenvalue weighted by Crippen LogP contribution is -2.39. The molecule has 108 valence electrons. The summed E-state index contributed by atoms with van der Waals surface area (Å²) in [6, 6.07) is 3.48. The van der Waals surface area contributed by atoms with Crippen LogP contribution in [0.25, 0.3) is 0 Å². The van der Waals surface area contributed by atoms with Crippen molar-refractivity contribution in [1.29, 1.82) is 0 Å². The molecule has 0 saturated heterocycles. The van der Waals surface area contributed by atoms with Crippen LogP contribution in [0.1, 0.15) is 31.7 Å². The van der Waals surface area contributed by atoms with Gasteiger partial charge in [-0.15, -0.1) is 0 Å². The predicted molar refractivity (Wildman–Crippen MR) is 78.3 cm³/mol. The Kier molecular flexibility index (Phi) is 4.32. The normalized spacial score (nSPS) is 25.6. The summed E-state index contributed by atoms with van der Waals surface area (Å²) < 4.78 is 0. The molecule has 0 amide bonds. The van der Waals surface area contributed by atoms with Crippen molar-refractivity contribution < 1.29 is 14.7 Å². The van der Waals surface area contributed by atoms with Crippen LogP contribution in [0, 0.1) is 5.41 Å². The number of rotatable bonds is 4. The van der Waals surface area contributed by atoms with Gasteiger partial charge in [0.2, 0.25) is 0 Å². The first kappa shape index (κ1) is 14.8. The Hall–Kier alpha value is -1.56. The van der Waals surface area contributed by atoms with Gasteiger partial charge in [-0.1, -0.05) is 24.2 Å². The number of carboxylic acid groups (broad SMARTS) is 1. The van der Waals surface area contributed by atoms with Crippen molar-refractivity contribution >= 4 is 28.7 Å². The lowest BCUT2D eigenvalue weighted by Gasteiger charge is -2.30. The molecule has 1 fully saturated rings. The van der Waals surface area contributed by atoms with Crippen molar-refractivity contribution in [2.75, 3.05) is 5.73 Å². The second kappa shape index (κ2) is 5.83. The number of nitrogens with zero attached hydrogens (tertiary/aromatic N) is 1. The van der Waals surface area contributed by atoms with Gasteiger partial charge in [-0.25, -0.2) is 4.98 Å². The number of thioether (sulfide) groups is 1. The molecule has 1 aromatic rings. The monoisotopic (exact) mass is 294 g/mol. The van der Waals surface area contributed by atoms with Gasteiger partial charge in [0.1, 0.15) is 5.82 Å². The van der Waals surface area contributed by atoms with E-state index in [0.29, 0.717) is 18.7 Å². The average molecular weight is 294 g/mol. The minimum absolute atomic E-state index is 0.0297. The average Bonchev–Trinajstić information content (AvgIpc) is 2.76. The van der Waals surface area contributed by atoms with Crippen molar-refractivity contribution in [3.8, 4) is 0 Å². The summed E-state index contributed by atoms with van der Waals surface area (Å²) in [5, 5.41) is 9.49. The summed E-state index contributed by atoms with van der Waals surface area (Å²) in [6.45, 7) is 1.49. The number of anilines is 1. The van der Waals surface area contributed by atoms with Crippen LogP contribution in [0.15, 0.2) is 18.3 Å². The van der Waals surface area contributed by atoms with Crippen molar-refractivity contribution in [3.05, 3.63) is 23.9 Å². The number of pyridine rings is 1. The van der Waals surface area contributed by atoms with Gasteiger partial charge in [0.15, 0.2) is 5.12 Å². The van der Waals surface area contributed by atoms with Gasteiger partial charge in [0.25, 0.3) is 0 Å². The zero-order valence-electron chi connectivity index (χ0n) is 11.3. The summed E-state index contributed by atoms with van der Waals surface area (Å²) in [5.74, 6) is -0.412.